The molecule has 0 saturated carbocycles. The lowest BCUT2D eigenvalue weighted by Crippen LogP contribution is -2.19. The van der Waals surface area contributed by atoms with Crippen LogP contribution in [0.15, 0.2) is 42.5 Å². The van der Waals surface area contributed by atoms with Gasteiger partial charge >= 0.3 is 0 Å². The van der Waals surface area contributed by atoms with Crippen LogP contribution < -0.4 is 10.6 Å². The van der Waals surface area contributed by atoms with E-state index in [2.05, 4.69) is 48.6 Å². The first kappa shape index (κ1) is 14.1. The zero-order valence-corrected chi connectivity index (χ0v) is 12.3. The fourth-order valence-electron chi connectivity index (χ4n) is 1.99. The molecule has 0 saturated heterocycles. The van der Waals surface area contributed by atoms with Crippen LogP contribution in [-0.4, -0.2) is 5.11 Å². The number of benzene rings is 2. The Labute approximate surface area is 125 Å². The maximum atomic E-state index is 5.32. The highest BCUT2D eigenvalue weighted by molar-refractivity contribution is 7.80. The van der Waals surface area contributed by atoms with E-state index >= 15 is 0 Å². The Morgan fingerprint density at radius 3 is 2.05 bits per heavy atom. The Kier molecular flexibility index (Phi) is 4.39. The summed E-state index contributed by atoms with van der Waals surface area (Å²) in [6, 6.07) is 13.8. The SMILES string of the molecule is C#Cc1ccc(NC(=S)Nc2cc(C)cc(C)c2)cc1. The van der Waals surface area contributed by atoms with E-state index in [4.69, 9.17) is 18.6 Å². The van der Waals surface area contributed by atoms with Gasteiger partial charge in [0.15, 0.2) is 5.11 Å². The van der Waals surface area contributed by atoms with Crippen LogP contribution >= 0.6 is 12.2 Å². The first-order valence-electron chi connectivity index (χ1n) is 6.30. The van der Waals surface area contributed by atoms with Crippen molar-refractivity contribution in [3.63, 3.8) is 0 Å². The minimum absolute atomic E-state index is 0.559. The molecule has 0 spiro atoms. The summed E-state index contributed by atoms with van der Waals surface area (Å²) in [7, 11) is 0. The van der Waals surface area contributed by atoms with E-state index in [1.165, 1.54) is 11.1 Å². The number of hydrogen-bond acceptors (Lipinski definition) is 1. The van der Waals surface area contributed by atoms with E-state index in [-0.39, 0.29) is 0 Å². The van der Waals surface area contributed by atoms with Crippen molar-refractivity contribution in [2.24, 2.45) is 0 Å². The number of thiocarbonyl (C=S) groups is 1. The zero-order chi connectivity index (χ0) is 14.5. The van der Waals surface area contributed by atoms with E-state index in [0.717, 1.165) is 16.9 Å². The summed E-state index contributed by atoms with van der Waals surface area (Å²) in [6.45, 7) is 4.13. The third-order valence-electron chi connectivity index (χ3n) is 2.79. The van der Waals surface area contributed by atoms with Gasteiger partial charge in [-0.15, -0.1) is 6.42 Å². The summed E-state index contributed by atoms with van der Waals surface area (Å²) in [5.41, 5.74) is 5.15. The monoisotopic (exact) mass is 280 g/mol. The number of anilines is 2. The summed E-state index contributed by atoms with van der Waals surface area (Å²) < 4.78 is 0. The standard InChI is InChI=1S/C17H16N2S/c1-4-14-5-7-15(8-6-14)18-17(20)19-16-10-12(2)9-13(3)11-16/h1,5-11H,2-3H3,(H2,18,19,20). The minimum atomic E-state index is 0.559. The normalized spacial score (nSPS) is 9.65. The highest BCUT2D eigenvalue weighted by Gasteiger charge is 2.00. The van der Waals surface area contributed by atoms with Crippen molar-refractivity contribution in [3.05, 3.63) is 59.2 Å². The number of aryl methyl sites for hydroxylation is 2. The summed E-state index contributed by atoms with van der Waals surface area (Å²) in [4.78, 5) is 0. The fourth-order valence-corrected chi connectivity index (χ4v) is 2.23. The molecule has 2 aromatic rings. The summed E-state index contributed by atoms with van der Waals surface area (Å²) in [6.07, 6.45) is 5.32. The Balaban J connectivity index is 2.03. The van der Waals surface area contributed by atoms with Crippen molar-refractivity contribution < 1.29 is 0 Å². The van der Waals surface area contributed by atoms with Gasteiger partial charge in [0.2, 0.25) is 0 Å². The maximum Gasteiger partial charge on any atom is 0.175 e. The second kappa shape index (κ2) is 6.23. The molecule has 2 rings (SSSR count). The van der Waals surface area contributed by atoms with Crippen LogP contribution in [0, 0.1) is 26.2 Å². The van der Waals surface area contributed by atoms with Crippen LogP contribution in [0.2, 0.25) is 0 Å². The van der Waals surface area contributed by atoms with E-state index in [1.54, 1.807) is 0 Å². The molecule has 0 aliphatic heterocycles. The Bertz CT molecular complexity index is 646. The van der Waals surface area contributed by atoms with Crippen LogP contribution in [0.5, 0.6) is 0 Å². The van der Waals surface area contributed by atoms with Gasteiger partial charge in [0, 0.05) is 16.9 Å². The average molecular weight is 280 g/mol. The molecule has 2 N–H and O–H groups in total. The number of hydrogen-bond donors (Lipinski definition) is 2. The van der Waals surface area contributed by atoms with Gasteiger partial charge in [0.25, 0.3) is 0 Å². The van der Waals surface area contributed by atoms with Crippen molar-refractivity contribution in [2.45, 2.75) is 13.8 Å². The van der Waals surface area contributed by atoms with Gasteiger partial charge in [-0.25, -0.2) is 0 Å². The number of terminal acetylenes is 1. The maximum absolute atomic E-state index is 5.32. The molecular weight excluding hydrogens is 264 g/mol. The summed E-state index contributed by atoms with van der Waals surface area (Å²) >= 11 is 5.30. The second-order valence-corrected chi connectivity index (χ2v) is 5.09. The van der Waals surface area contributed by atoms with Crippen molar-refractivity contribution in [1.29, 1.82) is 0 Å². The third-order valence-corrected chi connectivity index (χ3v) is 2.99. The fraction of sp³-hybridized carbons (Fsp3) is 0.118. The van der Waals surface area contributed by atoms with Gasteiger partial charge in [-0.2, -0.15) is 0 Å². The number of nitrogens with one attached hydrogen (secondary N) is 2. The smallest absolute Gasteiger partial charge is 0.175 e. The topological polar surface area (TPSA) is 24.1 Å². The minimum Gasteiger partial charge on any atom is -0.332 e. The van der Waals surface area contributed by atoms with Gasteiger partial charge in [-0.05, 0) is 73.6 Å². The molecule has 3 heteroatoms. The molecule has 2 aromatic carbocycles. The van der Waals surface area contributed by atoms with Gasteiger partial charge in [-0.3, -0.25) is 0 Å². The van der Waals surface area contributed by atoms with Gasteiger partial charge in [0.05, 0.1) is 0 Å². The first-order chi connectivity index (χ1) is 9.56. The van der Waals surface area contributed by atoms with Crippen LogP contribution in [0.3, 0.4) is 0 Å². The number of rotatable bonds is 2. The summed E-state index contributed by atoms with van der Waals surface area (Å²) in [5.74, 6) is 2.58. The molecule has 0 atom stereocenters. The molecule has 0 amide bonds. The largest absolute Gasteiger partial charge is 0.332 e. The van der Waals surface area contributed by atoms with Gasteiger partial charge in [0.1, 0.15) is 0 Å². The lowest BCUT2D eigenvalue weighted by atomic mass is 10.1. The van der Waals surface area contributed by atoms with Crippen LogP contribution in [0.4, 0.5) is 11.4 Å². The summed E-state index contributed by atoms with van der Waals surface area (Å²) in [5, 5.41) is 6.87. The lowest BCUT2D eigenvalue weighted by Gasteiger charge is -2.12. The van der Waals surface area contributed by atoms with Crippen LogP contribution in [0.1, 0.15) is 16.7 Å². The predicted octanol–water partition coefficient (Wildman–Crippen LogP) is 4.09. The van der Waals surface area contributed by atoms with Crippen molar-refractivity contribution in [2.75, 3.05) is 10.6 Å². The molecule has 20 heavy (non-hydrogen) atoms. The second-order valence-electron chi connectivity index (χ2n) is 4.68. The zero-order valence-electron chi connectivity index (χ0n) is 11.5. The molecule has 0 fully saturated rings. The Hall–Kier alpha value is -2.31. The van der Waals surface area contributed by atoms with Gasteiger partial charge < -0.3 is 10.6 Å². The lowest BCUT2D eigenvalue weighted by molar-refractivity contribution is 1.38. The highest BCUT2D eigenvalue weighted by Crippen LogP contribution is 2.15. The third kappa shape index (κ3) is 3.84. The highest BCUT2D eigenvalue weighted by atomic mass is 32.1. The van der Waals surface area contributed by atoms with E-state index in [1.807, 2.05) is 24.3 Å². The van der Waals surface area contributed by atoms with Crippen LogP contribution in [0.25, 0.3) is 0 Å². The molecule has 0 heterocycles. The van der Waals surface area contributed by atoms with Crippen molar-refractivity contribution in [3.8, 4) is 12.3 Å². The van der Waals surface area contributed by atoms with Crippen molar-refractivity contribution in [1.82, 2.24) is 0 Å². The van der Waals surface area contributed by atoms with Crippen molar-refractivity contribution >= 4 is 28.7 Å². The molecule has 2 nitrogen and oxygen atoms in total. The van der Waals surface area contributed by atoms with E-state index in [9.17, 15) is 0 Å². The predicted molar refractivity (Wildman–Crippen MR) is 90.1 cm³/mol. The Morgan fingerprint density at radius 2 is 1.50 bits per heavy atom. The molecule has 0 aromatic heterocycles. The quantitative estimate of drug-likeness (QED) is 0.640. The first-order valence-corrected chi connectivity index (χ1v) is 6.70. The molecule has 0 bridgehead atoms. The van der Waals surface area contributed by atoms with E-state index in [0.29, 0.717) is 5.11 Å². The molecule has 0 radical (unpaired) electrons. The molecular formula is C17H16N2S. The van der Waals surface area contributed by atoms with Crippen LogP contribution in [-0.2, 0) is 0 Å². The Morgan fingerprint density at radius 1 is 0.950 bits per heavy atom. The molecule has 0 unspecified atom stereocenters. The molecule has 100 valence electrons. The average Bonchev–Trinajstić information content (AvgIpc) is 2.38. The van der Waals surface area contributed by atoms with E-state index < -0.39 is 0 Å². The molecule has 0 aliphatic rings. The van der Waals surface area contributed by atoms with Gasteiger partial charge in [-0.1, -0.05) is 12.0 Å². The molecule has 0 aliphatic carbocycles.